The molecule has 4 rings (SSSR count). The van der Waals surface area contributed by atoms with Gasteiger partial charge in [0, 0.05) is 17.1 Å². The number of pyridine rings is 2. The molecule has 2 heterocycles. The molecular weight excluding hydrogens is 493 g/mol. The van der Waals surface area contributed by atoms with Crippen molar-refractivity contribution in [3.05, 3.63) is 58.0 Å². The number of nitrogens with zero attached hydrogens (tertiary/aromatic N) is 2. The summed E-state index contributed by atoms with van der Waals surface area (Å²) in [5, 5.41) is 0.877. The van der Waals surface area contributed by atoms with E-state index in [0.29, 0.717) is 54.4 Å². The first-order valence-electron chi connectivity index (χ1n) is 12.8. The molecule has 0 radical (unpaired) electrons. The van der Waals surface area contributed by atoms with Crippen LogP contribution in [0.2, 0.25) is 0 Å². The van der Waals surface area contributed by atoms with Crippen LogP contribution in [0.15, 0.2) is 41.3 Å². The minimum Gasteiger partial charge on any atom is -0.495 e. The highest BCUT2D eigenvalue weighted by Gasteiger charge is 2.31. The zero-order chi connectivity index (χ0) is 26.6. The van der Waals surface area contributed by atoms with Gasteiger partial charge in [-0.15, -0.1) is 0 Å². The molecule has 0 amide bonds. The largest absolute Gasteiger partial charge is 0.495 e. The molecule has 2 N–H and O–H groups in total. The third-order valence-corrected chi connectivity index (χ3v) is 8.56. The number of fused-ring (bicyclic) bond motifs is 1. The zero-order valence-corrected chi connectivity index (χ0v) is 22.8. The summed E-state index contributed by atoms with van der Waals surface area (Å²) >= 11 is 0. The summed E-state index contributed by atoms with van der Waals surface area (Å²) in [6, 6.07) is 9.29. The number of ether oxygens (including phenoxy) is 2. The van der Waals surface area contributed by atoms with Crippen LogP contribution < -0.4 is 16.0 Å². The van der Waals surface area contributed by atoms with Gasteiger partial charge in [0.1, 0.15) is 17.9 Å². The number of hydrogen-bond acceptors (Lipinski definition) is 8. The average molecular weight is 530 g/mol. The van der Waals surface area contributed by atoms with Crippen molar-refractivity contribution in [2.45, 2.75) is 58.5 Å². The maximum Gasteiger partial charge on any atom is 0.356 e. The van der Waals surface area contributed by atoms with Gasteiger partial charge in [-0.25, -0.2) is 4.98 Å². The molecule has 0 unspecified atom stereocenters. The van der Waals surface area contributed by atoms with E-state index < -0.39 is 7.60 Å². The van der Waals surface area contributed by atoms with Gasteiger partial charge >= 0.3 is 7.60 Å². The van der Waals surface area contributed by atoms with Gasteiger partial charge in [0.05, 0.1) is 37.6 Å². The number of methoxy groups -OCH3 is 1. The van der Waals surface area contributed by atoms with Crippen molar-refractivity contribution in [2.24, 2.45) is 0 Å². The smallest absolute Gasteiger partial charge is 0.356 e. The van der Waals surface area contributed by atoms with E-state index in [-0.39, 0.29) is 23.9 Å². The van der Waals surface area contributed by atoms with Crippen molar-refractivity contribution in [1.29, 1.82) is 0 Å². The van der Waals surface area contributed by atoms with Gasteiger partial charge in [-0.3, -0.25) is 13.9 Å². The Morgan fingerprint density at radius 2 is 1.78 bits per heavy atom. The zero-order valence-electron chi connectivity index (χ0n) is 21.9. The summed E-state index contributed by atoms with van der Waals surface area (Å²) in [7, 11) is -1.68. The fraction of sp³-hybridized carbons (Fsp3) is 0.481. The van der Waals surface area contributed by atoms with Crippen LogP contribution in [0.3, 0.4) is 0 Å². The number of rotatable bonds is 10. The van der Waals surface area contributed by atoms with Crippen molar-refractivity contribution in [3.8, 4) is 11.4 Å². The Balaban J connectivity index is 1.66. The molecule has 0 atom stereocenters. The topological polar surface area (TPSA) is 115 Å². The first-order valence-corrected chi connectivity index (χ1v) is 14.5. The van der Waals surface area contributed by atoms with E-state index in [9.17, 15) is 9.36 Å². The van der Waals surface area contributed by atoms with Crippen molar-refractivity contribution in [3.63, 3.8) is 0 Å². The highest BCUT2D eigenvalue weighted by atomic mass is 31.2. The Hall–Kier alpha value is -2.71. The Kier molecular flexibility index (Phi) is 8.70. The number of anilines is 1. The molecule has 1 aromatic carbocycles. The summed E-state index contributed by atoms with van der Waals surface area (Å²) in [6.07, 6.45) is 4.56. The van der Waals surface area contributed by atoms with Crippen LogP contribution in [0.4, 0.5) is 5.82 Å². The molecule has 10 heteroatoms. The van der Waals surface area contributed by atoms with E-state index in [1.165, 1.54) is 0 Å². The Morgan fingerprint density at radius 1 is 1.11 bits per heavy atom. The lowest BCUT2D eigenvalue weighted by molar-refractivity contribution is 0.0378. The van der Waals surface area contributed by atoms with E-state index >= 15 is 0 Å². The van der Waals surface area contributed by atoms with Gasteiger partial charge < -0.3 is 24.3 Å². The number of nitrogens with two attached hydrogens (primary N) is 1. The fourth-order valence-corrected chi connectivity index (χ4v) is 6.49. The number of aryl methyl sites for hydroxylation is 1. The Bertz CT molecular complexity index is 1340. The highest BCUT2D eigenvalue weighted by molar-refractivity contribution is 7.53. The van der Waals surface area contributed by atoms with Gasteiger partial charge in [0.15, 0.2) is 0 Å². The van der Waals surface area contributed by atoms with Gasteiger partial charge in [0.2, 0.25) is 0 Å². The summed E-state index contributed by atoms with van der Waals surface area (Å²) in [6.45, 7) is 6.12. The molecule has 1 aliphatic rings. The molecule has 1 saturated carbocycles. The summed E-state index contributed by atoms with van der Waals surface area (Å²) in [5.74, 6) is 0.984. The van der Waals surface area contributed by atoms with E-state index in [1.807, 2.05) is 43.5 Å². The second kappa shape index (κ2) is 11.8. The molecule has 3 aromatic rings. The normalized spacial score (nSPS) is 18.3. The molecule has 0 bridgehead atoms. The lowest BCUT2D eigenvalue weighted by Gasteiger charge is -2.30. The fourth-order valence-electron chi connectivity index (χ4n) is 5.09. The van der Waals surface area contributed by atoms with Gasteiger partial charge in [-0.2, -0.15) is 0 Å². The van der Waals surface area contributed by atoms with Crippen LogP contribution in [0, 0.1) is 6.92 Å². The Labute approximate surface area is 217 Å². The second-order valence-corrected chi connectivity index (χ2v) is 11.2. The van der Waals surface area contributed by atoms with E-state index in [4.69, 9.17) is 24.3 Å². The lowest BCUT2D eigenvalue weighted by Crippen LogP contribution is -2.29. The lowest BCUT2D eigenvalue weighted by atomic mass is 9.82. The minimum absolute atomic E-state index is 0.0173. The SMILES string of the molecule is CCOP(=O)(COC1CCC(c2c(=O)n(-c3ccccc3OC)cc3c(C)cc(N)nc23)CC1)OCC. The third-order valence-electron chi connectivity index (χ3n) is 6.79. The van der Waals surface area contributed by atoms with Crippen LogP contribution in [-0.2, 0) is 18.3 Å². The molecule has 2 aromatic heterocycles. The first kappa shape index (κ1) is 27.3. The van der Waals surface area contributed by atoms with Crippen LogP contribution in [0.5, 0.6) is 5.75 Å². The van der Waals surface area contributed by atoms with Crippen LogP contribution in [-0.4, -0.2) is 42.3 Å². The summed E-state index contributed by atoms with van der Waals surface area (Å²) in [4.78, 5) is 18.6. The quantitative estimate of drug-likeness (QED) is 0.340. The Morgan fingerprint density at radius 3 is 2.43 bits per heavy atom. The van der Waals surface area contributed by atoms with E-state index in [2.05, 4.69) is 4.98 Å². The standard InChI is InChI=1S/C27H36N3O6P/c1-5-35-37(32,36-6-2)17-34-20-13-11-19(12-14-20)25-26-21(18(3)15-24(28)29-26)16-30(27(25)31)22-9-7-8-10-23(22)33-4/h7-10,15-16,19-20H,5-6,11-14,17H2,1-4H3,(H2,28,29). The monoisotopic (exact) mass is 529 g/mol. The maximum atomic E-state index is 14.0. The maximum absolute atomic E-state index is 14.0. The van der Waals surface area contributed by atoms with Gasteiger partial charge in [-0.1, -0.05) is 12.1 Å². The predicted molar refractivity (Wildman–Crippen MR) is 145 cm³/mol. The van der Waals surface area contributed by atoms with Gasteiger partial charge in [-0.05, 0) is 76.1 Å². The highest BCUT2D eigenvalue weighted by Crippen LogP contribution is 2.49. The molecular formula is C27H36N3O6P. The molecule has 0 spiro atoms. The van der Waals surface area contributed by atoms with Crippen molar-refractivity contribution in [1.82, 2.24) is 9.55 Å². The number of hydrogen-bond donors (Lipinski definition) is 1. The van der Waals surface area contributed by atoms with E-state index in [0.717, 1.165) is 23.8 Å². The second-order valence-electron chi connectivity index (χ2n) is 9.23. The predicted octanol–water partition coefficient (Wildman–Crippen LogP) is 5.55. The molecule has 1 aliphatic carbocycles. The third kappa shape index (κ3) is 5.91. The summed E-state index contributed by atoms with van der Waals surface area (Å²) < 4.78 is 36.6. The van der Waals surface area contributed by atoms with Crippen LogP contribution in [0.25, 0.3) is 16.6 Å². The number of nitrogen functional groups attached to an aromatic ring is 1. The number of para-hydroxylation sites is 2. The first-order chi connectivity index (χ1) is 17.8. The minimum atomic E-state index is -3.27. The molecule has 37 heavy (non-hydrogen) atoms. The average Bonchev–Trinajstić information content (AvgIpc) is 2.88. The molecule has 200 valence electrons. The van der Waals surface area contributed by atoms with Crippen molar-refractivity contribution >= 4 is 24.3 Å². The van der Waals surface area contributed by atoms with Crippen LogP contribution in [0.1, 0.15) is 56.6 Å². The molecule has 1 fully saturated rings. The number of benzene rings is 1. The van der Waals surface area contributed by atoms with E-state index in [1.54, 1.807) is 25.5 Å². The van der Waals surface area contributed by atoms with Crippen molar-refractivity contribution < 1.29 is 23.1 Å². The number of aromatic nitrogens is 2. The van der Waals surface area contributed by atoms with Gasteiger partial charge in [0.25, 0.3) is 5.56 Å². The molecule has 0 saturated heterocycles. The molecule has 9 nitrogen and oxygen atoms in total. The van der Waals surface area contributed by atoms with Crippen molar-refractivity contribution in [2.75, 3.05) is 32.4 Å². The van der Waals surface area contributed by atoms with Crippen LogP contribution >= 0.6 is 7.60 Å². The molecule has 0 aliphatic heterocycles. The summed E-state index contributed by atoms with van der Waals surface area (Å²) in [5.41, 5.74) is 8.91.